The molecule has 7 nitrogen and oxygen atoms in total. The fraction of sp³-hybridized carbons (Fsp3) is 0.324. The predicted molar refractivity (Wildman–Crippen MR) is 175 cm³/mol. The molecule has 2 aromatic heterocycles. The van der Waals surface area contributed by atoms with E-state index < -0.39 is 0 Å². The Morgan fingerprint density at radius 2 is 1.71 bits per heavy atom. The molecule has 1 fully saturated rings. The van der Waals surface area contributed by atoms with Crippen molar-refractivity contribution in [1.29, 1.82) is 0 Å². The van der Waals surface area contributed by atoms with Crippen LogP contribution in [0.15, 0.2) is 79.0 Å². The number of pyridine rings is 1. The van der Waals surface area contributed by atoms with Crippen LogP contribution in [0.25, 0.3) is 5.69 Å². The van der Waals surface area contributed by atoms with Crippen LogP contribution in [0.1, 0.15) is 60.6 Å². The Bertz CT molecular complexity index is 1540. The smallest absolute Gasteiger partial charge is 0.226 e. The summed E-state index contributed by atoms with van der Waals surface area (Å²) < 4.78 is 2.31. The van der Waals surface area contributed by atoms with Gasteiger partial charge in [0.2, 0.25) is 5.91 Å². The SMILES string of the molecule is CCN(CC)c1ccc(-n2c(C)cc(C3C(c4ccccn4)NC(=S)N3CCC(=O)Nc3ccccc3C)c2C)cc1. The molecule has 2 aromatic carbocycles. The second-order valence-electron chi connectivity index (χ2n) is 10.8. The number of nitrogens with one attached hydrogen (secondary N) is 2. The van der Waals surface area contributed by atoms with Gasteiger partial charge in [0.25, 0.3) is 0 Å². The van der Waals surface area contributed by atoms with Gasteiger partial charge in [0.1, 0.15) is 0 Å². The molecule has 1 aliphatic rings. The van der Waals surface area contributed by atoms with Crippen LogP contribution in [0.5, 0.6) is 0 Å². The fourth-order valence-corrected chi connectivity index (χ4v) is 6.35. The Balaban J connectivity index is 1.46. The van der Waals surface area contributed by atoms with Gasteiger partial charge in [-0.3, -0.25) is 9.78 Å². The molecule has 3 heterocycles. The number of carbonyl (C=O) groups excluding carboxylic acids is 1. The molecule has 8 heteroatoms. The average Bonchev–Trinajstić information content (AvgIpc) is 3.48. The number of hydrogen-bond acceptors (Lipinski definition) is 4. The lowest BCUT2D eigenvalue weighted by atomic mass is 9.96. The van der Waals surface area contributed by atoms with Crippen LogP contribution in [0.3, 0.4) is 0 Å². The van der Waals surface area contributed by atoms with E-state index in [0.29, 0.717) is 18.1 Å². The minimum absolute atomic E-state index is 0.0362. The number of thiocarbonyl (C=S) groups is 1. The summed E-state index contributed by atoms with van der Waals surface area (Å²) in [6, 6.07) is 24.6. The maximum atomic E-state index is 13.0. The molecule has 0 spiro atoms. The second kappa shape index (κ2) is 12.8. The lowest BCUT2D eigenvalue weighted by Gasteiger charge is -2.28. The Labute approximate surface area is 254 Å². The Morgan fingerprint density at radius 1 is 1.00 bits per heavy atom. The first-order valence-electron chi connectivity index (χ1n) is 14.7. The largest absolute Gasteiger partial charge is 0.372 e. The number of carbonyl (C=O) groups is 1. The monoisotopic (exact) mass is 580 g/mol. The van der Waals surface area contributed by atoms with Crippen molar-refractivity contribution in [2.24, 2.45) is 0 Å². The maximum absolute atomic E-state index is 13.0. The molecule has 2 unspecified atom stereocenters. The van der Waals surface area contributed by atoms with E-state index >= 15 is 0 Å². The van der Waals surface area contributed by atoms with Gasteiger partial charge in [0.15, 0.2) is 5.11 Å². The molecule has 1 amide bonds. The van der Waals surface area contributed by atoms with Crippen molar-refractivity contribution in [1.82, 2.24) is 19.8 Å². The third kappa shape index (κ3) is 5.90. The summed E-state index contributed by atoms with van der Waals surface area (Å²) in [5, 5.41) is 7.22. The molecule has 2 N–H and O–H groups in total. The van der Waals surface area contributed by atoms with E-state index in [-0.39, 0.29) is 18.0 Å². The molecule has 0 bridgehead atoms. The van der Waals surface area contributed by atoms with Crippen molar-refractivity contribution in [3.63, 3.8) is 0 Å². The van der Waals surface area contributed by atoms with Gasteiger partial charge in [-0.05, 0) is 106 Å². The molecule has 0 aliphatic carbocycles. The van der Waals surface area contributed by atoms with E-state index in [9.17, 15) is 4.79 Å². The highest BCUT2D eigenvalue weighted by Crippen LogP contribution is 2.41. The van der Waals surface area contributed by atoms with Gasteiger partial charge in [-0.1, -0.05) is 24.3 Å². The number of para-hydroxylation sites is 1. The third-order valence-corrected chi connectivity index (χ3v) is 8.57. The van der Waals surface area contributed by atoms with Crippen molar-refractivity contribution < 1.29 is 4.79 Å². The van der Waals surface area contributed by atoms with Crippen LogP contribution in [0, 0.1) is 20.8 Å². The molecule has 218 valence electrons. The first kappa shape index (κ1) is 29.3. The zero-order valence-electron chi connectivity index (χ0n) is 25.1. The maximum Gasteiger partial charge on any atom is 0.226 e. The van der Waals surface area contributed by atoms with Gasteiger partial charge in [-0.15, -0.1) is 0 Å². The van der Waals surface area contributed by atoms with Gasteiger partial charge >= 0.3 is 0 Å². The quantitative estimate of drug-likeness (QED) is 0.205. The van der Waals surface area contributed by atoms with E-state index in [1.165, 1.54) is 11.3 Å². The van der Waals surface area contributed by atoms with Crippen LogP contribution in [0.4, 0.5) is 11.4 Å². The van der Waals surface area contributed by atoms with Crippen molar-refractivity contribution in [2.75, 3.05) is 29.9 Å². The van der Waals surface area contributed by atoms with Gasteiger partial charge in [0, 0.05) is 60.7 Å². The van der Waals surface area contributed by atoms with Crippen molar-refractivity contribution >= 4 is 34.6 Å². The highest BCUT2D eigenvalue weighted by atomic mass is 32.1. The number of amides is 1. The van der Waals surface area contributed by atoms with Crippen LogP contribution >= 0.6 is 12.2 Å². The Hall–Kier alpha value is -4.17. The lowest BCUT2D eigenvalue weighted by molar-refractivity contribution is -0.116. The van der Waals surface area contributed by atoms with E-state index in [0.717, 1.165) is 47.1 Å². The second-order valence-corrected chi connectivity index (χ2v) is 11.2. The zero-order chi connectivity index (χ0) is 29.8. The van der Waals surface area contributed by atoms with Crippen LogP contribution < -0.4 is 15.5 Å². The molecular formula is C34H40N6OS. The molecule has 2 atom stereocenters. The first-order chi connectivity index (χ1) is 20.3. The van der Waals surface area contributed by atoms with E-state index in [1.54, 1.807) is 0 Å². The van der Waals surface area contributed by atoms with E-state index in [2.05, 4.69) is 88.0 Å². The molecule has 0 saturated carbocycles. The summed E-state index contributed by atoms with van der Waals surface area (Å²) in [6.45, 7) is 13.1. The summed E-state index contributed by atoms with van der Waals surface area (Å²) in [6.07, 6.45) is 2.13. The average molecular weight is 581 g/mol. The van der Waals surface area contributed by atoms with Crippen molar-refractivity contribution in [3.05, 3.63) is 107 Å². The summed E-state index contributed by atoms with van der Waals surface area (Å²) in [5.74, 6) is -0.0362. The number of aryl methyl sites for hydroxylation is 2. The van der Waals surface area contributed by atoms with E-state index in [4.69, 9.17) is 12.2 Å². The highest BCUT2D eigenvalue weighted by molar-refractivity contribution is 7.80. The molecule has 5 rings (SSSR count). The molecule has 1 saturated heterocycles. The Kier molecular flexibility index (Phi) is 8.92. The third-order valence-electron chi connectivity index (χ3n) is 8.22. The lowest BCUT2D eigenvalue weighted by Crippen LogP contribution is -2.33. The number of aromatic nitrogens is 2. The molecule has 42 heavy (non-hydrogen) atoms. The van der Waals surface area contributed by atoms with Gasteiger partial charge in [-0.25, -0.2) is 0 Å². The normalized spacial score (nSPS) is 16.4. The van der Waals surface area contributed by atoms with Gasteiger partial charge < -0.3 is 25.0 Å². The molecule has 4 aromatic rings. The summed E-state index contributed by atoms with van der Waals surface area (Å²) in [7, 11) is 0. The first-order valence-corrected chi connectivity index (χ1v) is 15.1. The number of rotatable bonds is 10. The molecular weight excluding hydrogens is 540 g/mol. The minimum atomic E-state index is -0.142. The molecule has 0 radical (unpaired) electrons. The van der Waals surface area contributed by atoms with Crippen molar-refractivity contribution in [3.8, 4) is 5.69 Å². The Morgan fingerprint density at radius 3 is 2.38 bits per heavy atom. The standard InChI is InChI=1S/C34H40N6OS/c1-6-38(7-2)26-15-17-27(18-16-26)40-24(4)22-28(25(40)5)33-32(30-14-10-11-20-35-30)37-34(42)39(33)21-19-31(41)36-29-13-9-8-12-23(29)3/h8-18,20,22,32-33H,6-7,19,21H2,1-5H3,(H,36,41)(H,37,42). The predicted octanol–water partition coefficient (Wildman–Crippen LogP) is 6.65. The van der Waals surface area contributed by atoms with E-state index in [1.807, 2.05) is 55.6 Å². The van der Waals surface area contributed by atoms with Gasteiger partial charge in [-0.2, -0.15) is 0 Å². The van der Waals surface area contributed by atoms with Gasteiger partial charge in [0.05, 0.1) is 17.8 Å². The number of benzene rings is 2. The van der Waals surface area contributed by atoms with Crippen LogP contribution in [-0.4, -0.2) is 45.1 Å². The highest BCUT2D eigenvalue weighted by Gasteiger charge is 2.41. The van der Waals surface area contributed by atoms with Crippen LogP contribution in [0.2, 0.25) is 0 Å². The number of nitrogens with zero attached hydrogens (tertiary/aromatic N) is 4. The minimum Gasteiger partial charge on any atom is -0.372 e. The summed E-state index contributed by atoms with van der Waals surface area (Å²) in [5.41, 5.74) is 8.61. The summed E-state index contributed by atoms with van der Waals surface area (Å²) >= 11 is 5.88. The van der Waals surface area contributed by atoms with Crippen molar-refractivity contribution in [2.45, 2.75) is 53.1 Å². The number of hydrogen-bond donors (Lipinski definition) is 2. The summed E-state index contributed by atoms with van der Waals surface area (Å²) in [4.78, 5) is 22.2. The number of anilines is 2. The molecule has 1 aliphatic heterocycles. The zero-order valence-corrected chi connectivity index (χ0v) is 25.9. The van der Waals surface area contributed by atoms with Crippen LogP contribution in [-0.2, 0) is 4.79 Å². The fourth-order valence-electron chi connectivity index (χ4n) is 6.02. The topological polar surface area (TPSA) is 65.4 Å².